The zero-order valence-electron chi connectivity index (χ0n) is 11.8. The smallest absolute Gasteiger partial charge is 0.171 e. The lowest BCUT2D eigenvalue weighted by Crippen LogP contribution is -2.23. The minimum absolute atomic E-state index is 0.0581. The van der Waals surface area contributed by atoms with E-state index in [9.17, 15) is 5.11 Å². The van der Waals surface area contributed by atoms with Crippen LogP contribution in [0.25, 0.3) is 10.8 Å². The van der Waals surface area contributed by atoms with Crippen molar-refractivity contribution in [3.63, 3.8) is 0 Å². The molecule has 0 bridgehead atoms. The first-order valence-corrected chi connectivity index (χ1v) is 6.68. The maximum atomic E-state index is 10.4. The average molecular weight is 274 g/mol. The number of ether oxygens (including phenoxy) is 3. The Kier molecular flexibility index (Phi) is 3.18. The van der Waals surface area contributed by atoms with Gasteiger partial charge in [0.05, 0.1) is 32.0 Å². The third kappa shape index (κ3) is 1.79. The van der Waals surface area contributed by atoms with Crippen LogP contribution in [0.15, 0.2) is 24.3 Å². The minimum Gasteiger partial charge on any atom is -0.496 e. The first kappa shape index (κ1) is 13.1. The number of methoxy groups -OCH3 is 2. The van der Waals surface area contributed by atoms with Crippen LogP contribution in [0.4, 0.5) is 0 Å². The fourth-order valence-electron chi connectivity index (χ4n) is 2.90. The van der Waals surface area contributed by atoms with E-state index in [0.717, 1.165) is 10.8 Å². The lowest BCUT2D eigenvalue weighted by atomic mass is 9.94. The fraction of sp³-hybridized carbons (Fsp3) is 0.375. The van der Waals surface area contributed by atoms with Crippen LogP contribution in [0.5, 0.6) is 17.2 Å². The molecule has 1 unspecified atom stereocenters. The van der Waals surface area contributed by atoms with Crippen molar-refractivity contribution >= 4 is 10.8 Å². The predicted molar refractivity (Wildman–Crippen MR) is 76.7 cm³/mol. The van der Waals surface area contributed by atoms with Gasteiger partial charge in [0.1, 0.15) is 5.75 Å². The number of benzene rings is 2. The average Bonchev–Trinajstić information content (AvgIpc) is 2.44. The second-order valence-corrected chi connectivity index (χ2v) is 5.03. The third-order valence-corrected chi connectivity index (χ3v) is 3.73. The first-order valence-electron chi connectivity index (χ1n) is 6.68. The zero-order valence-corrected chi connectivity index (χ0v) is 11.8. The van der Waals surface area contributed by atoms with E-state index in [0.29, 0.717) is 29.2 Å². The standard InChI is InChI=1S/C16H18O4/c1-9-8-12(17)13-14(18-2)10-6-4-5-7-11(10)15(19-3)16(13)20-9/h4-7,9,12,17H,8H2,1-3H3/t9?,12-/m0/s1. The Morgan fingerprint density at radius 2 is 1.70 bits per heavy atom. The molecule has 2 atom stereocenters. The summed E-state index contributed by atoms with van der Waals surface area (Å²) in [6.07, 6.45) is -0.121. The third-order valence-electron chi connectivity index (χ3n) is 3.73. The SMILES string of the molecule is COc1c2c(c(OC)c3ccccc13)[C@@H](O)CC(C)O2. The van der Waals surface area contributed by atoms with Gasteiger partial charge < -0.3 is 19.3 Å². The minimum atomic E-state index is -0.609. The molecule has 1 aliphatic heterocycles. The van der Waals surface area contributed by atoms with Crippen LogP contribution in [-0.4, -0.2) is 25.4 Å². The summed E-state index contributed by atoms with van der Waals surface area (Å²) in [5, 5.41) is 12.2. The number of fused-ring (bicyclic) bond motifs is 2. The molecule has 20 heavy (non-hydrogen) atoms. The van der Waals surface area contributed by atoms with Crippen LogP contribution >= 0.6 is 0 Å². The van der Waals surface area contributed by atoms with Crippen molar-refractivity contribution in [2.24, 2.45) is 0 Å². The molecule has 4 nitrogen and oxygen atoms in total. The summed E-state index contributed by atoms with van der Waals surface area (Å²) < 4.78 is 17.0. The molecule has 0 saturated heterocycles. The van der Waals surface area contributed by atoms with E-state index in [1.165, 1.54) is 0 Å². The van der Waals surface area contributed by atoms with Gasteiger partial charge in [-0.2, -0.15) is 0 Å². The van der Waals surface area contributed by atoms with Crippen molar-refractivity contribution in [1.29, 1.82) is 0 Å². The highest BCUT2D eigenvalue weighted by molar-refractivity contribution is 5.97. The van der Waals surface area contributed by atoms with Crippen LogP contribution in [0, 0.1) is 0 Å². The van der Waals surface area contributed by atoms with Crippen molar-refractivity contribution in [2.45, 2.75) is 25.6 Å². The molecule has 0 radical (unpaired) electrons. The Bertz CT molecular complexity index is 650. The molecular formula is C16H18O4. The highest BCUT2D eigenvalue weighted by atomic mass is 16.5. The van der Waals surface area contributed by atoms with E-state index in [4.69, 9.17) is 14.2 Å². The van der Waals surface area contributed by atoms with Gasteiger partial charge in [0.25, 0.3) is 0 Å². The molecule has 2 aromatic rings. The maximum Gasteiger partial charge on any atom is 0.171 e. The predicted octanol–water partition coefficient (Wildman–Crippen LogP) is 3.06. The van der Waals surface area contributed by atoms with E-state index >= 15 is 0 Å². The lowest BCUT2D eigenvalue weighted by molar-refractivity contribution is 0.0702. The molecular weight excluding hydrogens is 256 g/mol. The van der Waals surface area contributed by atoms with E-state index < -0.39 is 6.10 Å². The second kappa shape index (κ2) is 4.87. The second-order valence-electron chi connectivity index (χ2n) is 5.03. The van der Waals surface area contributed by atoms with E-state index in [1.54, 1.807) is 14.2 Å². The van der Waals surface area contributed by atoms with E-state index in [-0.39, 0.29) is 6.10 Å². The van der Waals surface area contributed by atoms with Crippen LogP contribution in [0.3, 0.4) is 0 Å². The van der Waals surface area contributed by atoms with Gasteiger partial charge in [-0.15, -0.1) is 0 Å². The maximum absolute atomic E-state index is 10.4. The zero-order chi connectivity index (χ0) is 14.3. The molecule has 0 saturated carbocycles. The Balaban J connectivity index is 2.42. The summed E-state index contributed by atoms with van der Waals surface area (Å²) in [5.74, 6) is 1.91. The van der Waals surface area contributed by atoms with Gasteiger partial charge in [-0.05, 0) is 6.92 Å². The molecule has 0 aliphatic carbocycles. The van der Waals surface area contributed by atoms with Gasteiger partial charge in [-0.1, -0.05) is 24.3 Å². The van der Waals surface area contributed by atoms with Gasteiger partial charge in [0.15, 0.2) is 11.5 Å². The molecule has 0 aromatic heterocycles. The van der Waals surface area contributed by atoms with Gasteiger partial charge in [-0.25, -0.2) is 0 Å². The summed E-state index contributed by atoms with van der Waals surface area (Å²) in [5.41, 5.74) is 0.682. The fourth-order valence-corrected chi connectivity index (χ4v) is 2.90. The monoisotopic (exact) mass is 274 g/mol. The van der Waals surface area contributed by atoms with Crippen LogP contribution in [0.1, 0.15) is 25.0 Å². The number of aliphatic hydroxyl groups excluding tert-OH is 1. The number of hydrogen-bond donors (Lipinski definition) is 1. The summed E-state index contributed by atoms with van der Waals surface area (Å²) in [4.78, 5) is 0. The van der Waals surface area contributed by atoms with Crippen molar-refractivity contribution in [3.05, 3.63) is 29.8 Å². The van der Waals surface area contributed by atoms with E-state index in [2.05, 4.69) is 0 Å². The van der Waals surface area contributed by atoms with Crippen molar-refractivity contribution in [3.8, 4) is 17.2 Å². The number of rotatable bonds is 2. The normalized spacial score (nSPS) is 21.2. The quantitative estimate of drug-likeness (QED) is 0.914. The van der Waals surface area contributed by atoms with Crippen LogP contribution in [-0.2, 0) is 0 Å². The highest BCUT2D eigenvalue weighted by Crippen LogP contribution is 2.51. The Hall–Kier alpha value is -1.94. The number of hydrogen-bond acceptors (Lipinski definition) is 4. The van der Waals surface area contributed by atoms with Crippen LogP contribution in [0.2, 0.25) is 0 Å². The summed E-state index contributed by atoms with van der Waals surface area (Å²) in [6, 6.07) is 7.81. The molecule has 0 fully saturated rings. The molecule has 106 valence electrons. The molecule has 4 heteroatoms. The largest absolute Gasteiger partial charge is 0.496 e. The Morgan fingerprint density at radius 3 is 2.30 bits per heavy atom. The molecule has 2 aromatic carbocycles. The topological polar surface area (TPSA) is 47.9 Å². The van der Waals surface area contributed by atoms with Gasteiger partial charge in [-0.3, -0.25) is 0 Å². The molecule has 1 heterocycles. The Morgan fingerprint density at radius 1 is 1.10 bits per heavy atom. The molecule has 3 rings (SSSR count). The summed E-state index contributed by atoms with van der Waals surface area (Å²) in [7, 11) is 3.23. The number of aliphatic hydroxyl groups is 1. The van der Waals surface area contributed by atoms with Gasteiger partial charge >= 0.3 is 0 Å². The highest BCUT2D eigenvalue weighted by Gasteiger charge is 2.32. The van der Waals surface area contributed by atoms with Crippen molar-refractivity contribution in [1.82, 2.24) is 0 Å². The van der Waals surface area contributed by atoms with Crippen molar-refractivity contribution < 1.29 is 19.3 Å². The molecule has 0 spiro atoms. The van der Waals surface area contributed by atoms with Gasteiger partial charge in [0, 0.05) is 17.2 Å². The summed E-state index contributed by atoms with van der Waals surface area (Å²) >= 11 is 0. The van der Waals surface area contributed by atoms with E-state index in [1.807, 2.05) is 31.2 Å². The first-order chi connectivity index (χ1) is 9.67. The van der Waals surface area contributed by atoms with Gasteiger partial charge in [0.2, 0.25) is 0 Å². The molecule has 0 amide bonds. The molecule has 1 N–H and O–H groups in total. The van der Waals surface area contributed by atoms with Crippen LogP contribution < -0.4 is 14.2 Å². The summed E-state index contributed by atoms with van der Waals surface area (Å²) in [6.45, 7) is 1.94. The molecule has 1 aliphatic rings. The lowest BCUT2D eigenvalue weighted by Gasteiger charge is -2.31. The van der Waals surface area contributed by atoms with Crippen molar-refractivity contribution in [2.75, 3.05) is 14.2 Å². The Labute approximate surface area is 117 Å².